The third-order valence-electron chi connectivity index (χ3n) is 2.30. The van der Waals surface area contributed by atoms with Gasteiger partial charge in [-0.25, -0.2) is 4.39 Å². The molecule has 0 radical (unpaired) electrons. The standard InChI is InChI=1S/C10H11FN2O3/c1-6(10(14)12-2)8-4-3-7(13(15)16)5-9(8)11/h3-6H,1-2H3,(H,12,14). The molecule has 0 saturated heterocycles. The monoisotopic (exact) mass is 226 g/mol. The second-order valence-electron chi connectivity index (χ2n) is 3.30. The fourth-order valence-electron chi connectivity index (χ4n) is 1.34. The molecule has 0 aliphatic rings. The molecule has 0 aliphatic heterocycles. The molecule has 1 unspecified atom stereocenters. The van der Waals surface area contributed by atoms with E-state index in [1.807, 2.05) is 0 Å². The van der Waals surface area contributed by atoms with Crippen LogP contribution in [0.15, 0.2) is 18.2 Å². The van der Waals surface area contributed by atoms with E-state index in [9.17, 15) is 19.3 Å². The Morgan fingerprint density at radius 2 is 2.19 bits per heavy atom. The number of likely N-dealkylation sites (N-methyl/N-ethyl adjacent to an activating group) is 1. The minimum Gasteiger partial charge on any atom is -0.359 e. The number of nitro benzene ring substituents is 1. The maximum absolute atomic E-state index is 13.5. The van der Waals surface area contributed by atoms with Crippen molar-refractivity contribution in [2.75, 3.05) is 7.05 Å². The SMILES string of the molecule is CNC(=O)C(C)c1ccc([N+](=O)[O-])cc1F. The second-order valence-corrected chi connectivity index (χ2v) is 3.30. The molecule has 0 aliphatic carbocycles. The average molecular weight is 226 g/mol. The number of non-ortho nitro benzene ring substituents is 1. The van der Waals surface area contributed by atoms with Gasteiger partial charge in [0.25, 0.3) is 5.69 Å². The maximum Gasteiger partial charge on any atom is 0.272 e. The van der Waals surface area contributed by atoms with Crippen molar-refractivity contribution in [3.63, 3.8) is 0 Å². The zero-order valence-corrected chi connectivity index (χ0v) is 8.86. The summed E-state index contributed by atoms with van der Waals surface area (Å²) in [6.07, 6.45) is 0. The third kappa shape index (κ3) is 2.33. The van der Waals surface area contributed by atoms with E-state index in [4.69, 9.17) is 0 Å². The number of carbonyl (C=O) groups is 1. The van der Waals surface area contributed by atoms with Crippen LogP contribution in [-0.4, -0.2) is 17.9 Å². The molecular formula is C10H11FN2O3. The number of halogens is 1. The van der Waals surface area contributed by atoms with Crippen molar-refractivity contribution in [1.82, 2.24) is 5.32 Å². The van der Waals surface area contributed by atoms with Crippen LogP contribution in [0.4, 0.5) is 10.1 Å². The highest BCUT2D eigenvalue weighted by molar-refractivity contribution is 5.83. The van der Waals surface area contributed by atoms with Gasteiger partial charge < -0.3 is 5.32 Å². The van der Waals surface area contributed by atoms with E-state index < -0.39 is 16.7 Å². The molecule has 0 saturated carbocycles. The minimum absolute atomic E-state index is 0.143. The van der Waals surface area contributed by atoms with Gasteiger partial charge in [0.05, 0.1) is 16.9 Å². The summed E-state index contributed by atoms with van der Waals surface area (Å²) in [4.78, 5) is 21.0. The smallest absolute Gasteiger partial charge is 0.272 e. The van der Waals surface area contributed by atoms with Crippen LogP contribution in [0.2, 0.25) is 0 Å². The number of benzene rings is 1. The topological polar surface area (TPSA) is 72.2 Å². The molecule has 5 nitrogen and oxygen atoms in total. The van der Waals surface area contributed by atoms with Crippen molar-refractivity contribution in [2.24, 2.45) is 0 Å². The second kappa shape index (κ2) is 4.69. The summed E-state index contributed by atoms with van der Waals surface area (Å²) in [7, 11) is 1.45. The number of rotatable bonds is 3. The zero-order valence-electron chi connectivity index (χ0n) is 8.86. The Balaban J connectivity index is 3.08. The lowest BCUT2D eigenvalue weighted by atomic mass is 9.99. The summed E-state index contributed by atoms with van der Waals surface area (Å²) in [5, 5.41) is 12.8. The molecule has 0 fully saturated rings. The van der Waals surface area contributed by atoms with Crippen molar-refractivity contribution in [3.8, 4) is 0 Å². The van der Waals surface area contributed by atoms with Crippen LogP contribution in [0.25, 0.3) is 0 Å². The van der Waals surface area contributed by atoms with E-state index in [2.05, 4.69) is 5.32 Å². The van der Waals surface area contributed by atoms with Crippen LogP contribution in [0.1, 0.15) is 18.4 Å². The van der Waals surface area contributed by atoms with Crippen LogP contribution in [0.5, 0.6) is 0 Å². The summed E-state index contributed by atoms with van der Waals surface area (Å²) < 4.78 is 13.5. The predicted molar refractivity (Wildman–Crippen MR) is 55.5 cm³/mol. The lowest BCUT2D eigenvalue weighted by molar-refractivity contribution is -0.385. The highest BCUT2D eigenvalue weighted by Gasteiger charge is 2.19. The molecule has 0 heterocycles. The molecule has 0 aromatic heterocycles. The molecule has 1 atom stereocenters. The molecule has 1 rings (SSSR count). The van der Waals surface area contributed by atoms with Gasteiger partial charge >= 0.3 is 0 Å². The molecule has 86 valence electrons. The van der Waals surface area contributed by atoms with Gasteiger partial charge in [0.15, 0.2) is 0 Å². The number of nitrogens with zero attached hydrogens (tertiary/aromatic N) is 1. The van der Waals surface area contributed by atoms with E-state index >= 15 is 0 Å². The van der Waals surface area contributed by atoms with Crippen molar-refractivity contribution < 1.29 is 14.1 Å². The summed E-state index contributed by atoms with van der Waals surface area (Å²) in [6, 6.07) is 3.25. The summed E-state index contributed by atoms with van der Waals surface area (Å²) in [5.41, 5.74) is -0.185. The first-order valence-electron chi connectivity index (χ1n) is 4.62. The number of hydrogen-bond donors (Lipinski definition) is 1. The van der Waals surface area contributed by atoms with Gasteiger partial charge in [-0.3, -0.25) is 14.9 Å². The quantitative estimate of drug-likeness (QED) is 0.628. The van der Waals surface area contributed by atoms with Crippen molar-refractivity contribution >= 4 is 11.6 Å². The Labute approximate surface area is 91.4 Å². The highest BCUT2D eigenvalue weighted by Crippen LogP contribution is 2.23. The molecule has 1 N–H and O–H groups in total. The molecule has 1 aromatic rings. The van der Waals surface area contributed by atoms with E-state index in [1.165, 1.54) is 26.1 Å². The van der Waals surface area contributed by atoms with Crippen molar-refractivity contribution in [1.29, 1.82) is 0 Å². The maximum atomic E-state index is 13.5. The average Bonchev–Trinajstić information content (AvgIpc) is 2.26. The Morgan fingerprint density at radius 3 is 2.62 bits per heavy atom. The van der Waals surface area contributed by atoms with Crippen molar-refractivity contribution in [3.05, 3.63) is 39.7 Å². The van der Waals surface area contributed by atoms with Crippen LogP contribution < -0.4 is 5.32 Å². The first-order valence-corrected chi connectivity index (χ1v) is 4.62. The molecule has 0 bridgehead atoms. The first-order chi connectivity index (χ1) is 7.47. The van der Waals surface area contributed by atoms with Gasteiger partial charge in [0, 0.05) is 18.7 Å². The molecule has 1 amide bonds. The van der Waals surface area contributed by atoms with Crippen LogP contribution in [-0.2, 0) is 4.79 Å². The summed E-state index contributed by atoms with van der Waals surface area (Å²) in [5.74, 6) is -1.76. The Morgan fingerprint density at radius 1 is 1.56 bits per heavy atom. The van der Waals surface area contributed by atoms with Gasteiger partial charge in [-0.05, 0) is 13.0 Å². The van der Waals surface area contributed by atoms with Gasteiger partial charge in [-0.2, -0.15) is 0 Å². The van der Waals surface area contributed by atoms with Crippen LogP contribution >= 0.6 is 0 Å². The molecule has 6 heteroatoms. The van der Waals surface area contributed by atoms with Crippen LogP contribution in [0.3, 0.4) is 0 Å². The predicted octanol–water partition coefficient (Wildman–Crippen LogP) is 1.58. The van der Waals surface area contributed by atoms with Gasteiger partial charge in [-0.1, -0.05) is 0 Å². The Bertz CT molecular complexity index is 434. The number of nitro groups is 1. The van der Waals surface area contributed by atoms with Gasteiger partial charge in [0.1, 0.15) is 5.82 Å². The normalized spacial score (nSPS) is 11.9. The Kier molecular flexibility index (Phi) is 3.55. The van der Waals surface area contributed by atoms with Gasteiger partial charge in [0.2, 0.25) is 5.91 Å². The van der Waals surface area contributed by atoms with E-state index in [-0.39, 0.29) is 17.2 Å². The first kappa shape index (κ1) is 12.1. The fraction of sp³-hybridized carbons (Fsp3) is 0.300. The largest absolute Gasteiger partial charge is 0.359 e. The summed E-state index contributed by atoms with van der Waals surface area (Å²) in [6.45, 7) is 1.53. The lowest BCUT2D eigenvalue weighted by Gasteiger charge is -2.10. The Hall–Kier alpha value is -1.98. The van der Waals surface area contributed by atoms with E-state index in [0.29, 0.717) is 0 Å². The van der Waals surface area contributed by atoms with Crippen molar-refractivity contribution in [2.45, 2.75) is 12.8 Å². The summed E-state index contributed by atoms with van der Waals surface area (Å²) >= 11 is 0. The highest BCUT2D eigenvalue weighted by atomic mass is 19.1. The van der Waals surface area contributed by atoms with E-state index in [0.717, 1.165) is 6.07 Å². The lowest BCUT2D eigenvalue weighted by Crippen LogP contribution is -2.24. The van der Waals surface area contributed by atoms with Crippen LogP contribution in [0, 0.1) is 15.9 Å². The number of hydrogen-bond acceptors (Lipinski definition) is 3. The number of nitrogens with one attached hydrogen (secondary N) is 1. The van der Waals surface area contributed by atoms with Gasteiger partial charge in [-0.15, -0.1) is 0 Å². The van der Waals surface area contributed by atoms with E-state index in [1.54, 1.807) is 0 Å². The number of amides is 1. The third-order valence-corrected chi connectivity index (χ3v) is 2.30. The molecular weight excluding hydrogens is 215 g/mol. The molecule has 1 aromatic carbocycles. The fourth-order valence-corrected chi connectivity index (χ4v) is 1.34. The number of carbonyl (C=O) groups excluding carboxylic acids is 1. The zero-order chi connectivity index (χ0) is 12.3. The minimum atomic E-state index is -0.745. The molecule has 0 spiro atoms. The molecule has 16 heavy (non-hydrogen) atoms.